The third-order valence-corrected chi connectivity index (χ3v) is 1.75. The zero-order valence-corrected chi connectivity index (χ0v) is 8.50. The minimum atomic E-state index is -0.982. The predicted octanol–water partition coefficient (Wildman–Crippen LogP) is 0.868. The molecule has 13 heavy (non-hydrogen) atoms. The summed E-state index contributed by atoms with van der Waals surface area (Å²) in [5.74, 6) is -1.48. The number of nitrogens with one attached hydrogen (secondary N) is 1. The van der Waals surface area contributed by atoms with Gasteiger partial charge in [0.2, 0.25) is 5.91 Å². The molecule has 0 aromatic heterocycles. The van der Waals surface area contributed by atoms with Crippen LogP contribution in [0.15, 0.2) is 0 Å². The number of carboxylic acids is 1. The van der Waals surface area contributed by atoms with Crippen molar-refractivity contribution in [3.05, 3.63) is 0 Å². The molecule has 1 amide bonds. The molecule has 1 atom stereocenters. The number of amides is 1. The molecule has 0 aliphatic rings. The van der Waals surface area contributed by atoms with Crippen LogP contribution >= 0.6 is 0 Å². The van der Waals surface area contributed by atoms with Crippen molar-refractivity contribution in [1.29, 1.82) is 0 Å². The first-order chi connectivity index (χ1) is 5.86. The second kappa shape index (κ2) is 4.84. The summed E-state index contributed by atoms with van der Waals surface area (Å²) in [6.07, 6.45) is 0. The van der Waals surface area contributed by atoms with Crippen LogP contribution in [0.3, 0.4) is 0 Å². The molecular weight excluding hydrogens is 170 g/mol. The molecule has 0 aliphatic heterocycles. The van der Waals surface area contributed by atoms with Gasteiger partial charge in [-0.15, -0.1) is 0 Å². The highest BCUT2D eigenvalue weighted by molar-refractivity contribution is 5.84. The van der Waals surface area contributed by atoms with E-state index in [4.69, 9.17) is 5.11 Å². The maximum Gasteiger partial charge on any atom is 0.326 e. The van der Waals surface area contributed by atoms with Crippen LogP contribution in [-0.2, 0) is 9.59 Å². The normalized spacial score (nSPS) is 13.1. The van der Waals surface area contributed by atoms with E-state index in [0.29, 0.717) is 0 Å². The van der Waals surface area contributed by atoms with Crippen molar-refractivity contribution in [2.45, 2.75) is 33.7 Å². The molecule has 0 fully saturated rings. The standard InChI is InChI=1S/C9H17NO3/c1-5(2)7(9(12)13)10-8(11)6(3)4/h5-7H,1-4H3,(H,10,11)(H,12,13)/t7-/m1/s1. The second-order valence-corrected chi connectivity index (χ2v) is 3.72. The Morgan fingerprint density at radius 1 is 1.15 bits per heavy atom. The number of carbonyl (C=O) groups is 2. The third kappa shape index (κ3) is 3.92. The van der Waals surface area contributed by atoms with E-state index in [1.807, 2.05) is 0 Å². The van der Waals surface area contributed by atoms with Crippen LogP contribution in [0.1, 0.15) is 27.7 Å². The van der Waals surface area contributed by atoms with E-state index < -0.39 is 12.0 Å². The van der Waals surface area contributed by atoms with E-state index in [1.165, 1.54) is 0 Å². The predicted molar refractivity (Wildman–Crippen MR) is 49.2 cm³/mol. The van der Waals surface area contributed by atoms with E-state index in [1.54, 1.807) is 27.7 Å². The van der Waals surface area contributed by atoms with Crippen LogP contribution in [0.25, 0.3) is 0 Å². The number of hydrogen-bond donors (Lipinski definition) is 2. The van der Waals surface area contributed by atoms with Crippen molar-refractivity contribution < 1.29 is 14.7 Å². The summed E-state index contributed by atoms with van der Waals surface area (Å²) in [4.78, 5) is 21.9. The monoisotopic (exact) mass is 187 g/mol. The van der Waals surface area contributed by atoms with Crippen LogP contribution in [0.2, 0.25) is 0 Å². The summed E-state index contributed by atoms with van der Waals surface area (Å²) in [5, 5.41) is 11.2. The Morgan fingerprint density at radius 2 is 1.62 bits per heavy atom. The van der Waals surface area contributed by atoms with Gasteiger partial charge in [-0.1, -0.05) is 27.7 Å². The van der Waals surface area contributed by atoms with Crippen LogP contribution < -0.4 is 5.32 Å². The quantitative estimate of drug-likeness (QED) is 0.686. The van der Waals surface area contributed by atoms with Gasteiger partial charge in [0.1, 0.15) is 6.04 Å². The van der Waals surface area contributed by atoms with Crippen LogP contribution in [0.4, 0.5) is 0 Å². The Hall–Kier alpha value is -1.06. The highest BCUT2D eigenvalue weighted by Crippen LogP contribution is 2.03. The fraction of sp³-hybridized carbons (Fsp3) is 0.778. The third-order valence-electron chi connectivity index (χ3n) is 1.75. The SMILES string of the molecule is CC(C)C(=O)N[C@@H](C(=O)O)C(C)C. The van der Waals surface area contributed by atoms with E-state index >= 15 is 0 Å². The van der Waals surface area contributed by atoms with Crippen molar-refractivity contribution in [3.8, 4) is 0 Å². The molecule has 4 heteroatoms. The fourth-order valence-corrected chi connectivity index (χ4v) is 0.833. The Labute approximate surface area is 78.3 Å². The average molecular weight is 187 g/mol. The Morgan fingerprint density at radius 3 is 1.85 bits per heavy atom. The highest BCUT2D eigenvalue weighted by atomic mass is 16.4. The molecule has 76 valence electrons. The zero-order chi connectivity index (χ0) is 10.6. The lowest BCUT2D eigenvalue weighted by Crippen LogP contribution is -2.45. The smallest absolute Gasteiger partial charge is 0.326 e. The fourth-order valence-electron chi connectivity index (χ4n) is 0.833. The molecule has 0 saturated heterocycles. The maximum absolute atomic E-state index is 11.2. The minimum Gasteiger partial charge on any atom is -0.480 e. The molecule has 0 heterocycles. The summed E-state index contributed by atoms with van der Waals surface area (Å²) in [5.41, 5.74) is 0. The minimum absolute atomic E-state index is 0.0970. The molecule has 0 saturated carbocycles. The lowest BCUT2D eigenvalue weighted by Gasteiger charge is -2.18. The van der Waals surface area contributed by atoms with Crippen molar-refractivity contribution >= 4 is 11.9 Å². The maximum atomic E-state index is 11.2. The average Bonchev–Trinajstić information content (AvgIpc) is 1.97. The molecule has 0 rings (SSSR count). The highest BCUT2D eigenvalue weighted by Gasteiger charge is 2.23. The first kappa shape index (κ1) is 11.9. The summed E-state index contributed by atoms with van der Waals surface area (Å²) in [7, 11) is 0. The van der Waals surface area contributed by atoms with Gasteiger partial charge < -0.3 is 10.4 Å². The molecule has 0 aliphatic carbocycles. The zero-order valence-electron chi connectivity index (χ0n) is 8.50. The van der Waals surface area contributed by atoms with Crippen molar-refractivity contribution in [2.75, 3.05) is 0 Å². The topological polar surface area (TPSA) is 66.4 Å². The van der Waals surface area contributed by atoms with Gasteiger partial charge in [0.25, 0.3) is 0 Å². The number of carboxylic acid groups (broad SMARTS) is 1. The first-order valence-corrected chi connectivity index (χ1v) is 4.39. The van der Waals surface area contributed by atoms with Gasteiger partial charge in [0.05, 0.1) is 0 Å². The number of hydrogen-bond acceptors (Lipinski definition) is 2. The van der Waals surface area contributed by atoms with Crippen molar-refractivity contribution in [2.24, 2.45) is 11.8 Å². The molecule has 0 radical (unpaired) electrons. The Bertz CT molecular complexity index is 199. The summed E-state index contributed by atoms with van der Waals surface area (Å²) in [6, 6.07) is -0.782. The number of aliphatic carboxylic acids is 1. The first-order valence-electron chi connectivity index (χ1n) is 4.39. The van der Waals surface area contributed by atoms with E-state index in [9.17, 15) is 9.59 Å². The van der Waals surface area contributed by atoms with Crippen LogP contribution in [-0.4, -0.2) is 23.0 Å². The summed E-state index contributed by atoms with van der Waals surface area (Å²) >= 11 is 0. The molecule has 4 nitrogen and oxygen atoms in total. The lowest BCUT2D eigenvalue weighted by molar-refractivity contribution is -0.143. The molecule has 0 aromatic rings. The molecule has 0 unspecified atom stereocenters. The van der Waals surface area contributed by atoms with E-state index in [0.717, 1.165) is 0 Å². The van der Waals surface area contributed by atoms with Gasteiger partial charge in [-0.3, -0.25) is 4.79 Å². The second-order valence-electron chi connectivity index (χ2n) is 3.72. The van der Waals surface area contributed by atoms with Gasteiger partial charge in [0.15, 0.2) is 0 Å². The largest absolute Gasteiger partial charge is 0.480 e. The summed E-state index contributed by atoms with van der Waals surface area (Å²) in [6.45, 7) is 6.99. The molecule has 0 aromatic carbocycles. The van der Waals surface area contributed by atoms with E-state index in [2.05, 4.69) is 5.32 Å². The molecule has 2 N–H and O–H groups in total. The molecule has 0 bridgehead atoms. The van der Waals surface area contributed by atoms with Crippen molar-refractivity contribution in [1.82, 2.24) is 5.32 Å². The van der Waals surface area contributed by atoms with Crippen molar-refractivity contribution in [3.63, 3.8) is 0 Å². The molecule has 0 spiro atoms. The van der Waals surface area contributed by atoms with Crippen LogP contribution in [0, 0.1) is 11.8 Å². The van der Waals surface area contributed by atoms with E-state index in [-0.39, 0.29) is 17.7 Å². The summed E-state index contributed by atoms with van der Waals surface area (Å²) < 4.78 is 0. The molecular formula is C9H17NO3. The van der Waals surface area contributed by atoms with Gasteiger partial charge in [-0.25, -0.2) is 4.79 Å². The Balaban J connectivity index is 4.27. The van der Waals surface area contributed by atoms with Gasteiger partial charge in [-0.2, -0.15) is 0 Å². The number of rotatable bonds is 4. The van der Waals surface area contributed by atoms with Gasteiger partial charge in [0, 0.05) is 5.92 Å². The van der Waals surface area contributed by atoms with Crippen LogP contribution in [0.5, 0.6) is 0 Å². The number of carbonyl (C=O) groups excluding carboxylic acids is 1. The Kier molecular flexibility index (Phi) is 4.45. The van der Waals surface area contributed by atoms with Gasteiger partial charge >= 0.3 is 5.97 Å². The lowest BCUT2D eigenvalue weighted by atomic mass is 10.0. The van der Waals surface area contributed by atoms with Gasteiger partial charge in [-0.05, 0) is 5.92 Å².